The van der Waals surface area contributed by atoms with Crippen molar-refractivity contribution >= 4 is 26.0 Å². The Labute approximate surface area is 97.5 Å². The first-order valence-corrected chi connectivity index (χ1v) is 6.53. The van der Waals surface area contributed by atoms with Gasteiger partial charge < -0.3 is 5.11 Å². The highest BCUT2D eigenvalue weighted by atomic mass is 79.9. The molecular formula is C9H12BrNO3S. The van der Waals surface area contributed by atoms with E-state index in [0.717, 1.165) is 5.56 Å². The monoisotopic (exact) mass is 293 g/mol. The Morgan fingerprint density at radius 2 is 2.07 bits per heavy atom. The van der Waals surface area contributed by atoms with Gasteiger partial charge in [0.2, 0.25) is 10.0 Å². The standard InChI is InChI=1S/C9H12BrNO3S/c1-6-3-7(5-12)4-8(9(6)10)15(13,14)11-2/h3-4,11-12H,5H2,1-2H3. The molecule has 0 aromatic heterocycles. The van der Waals surface area contributed by atoms with Crippen LogP contribution in [0.3, 0.4) is 0 Å². The molecule has 4 nitrogen and oxygen atoms in total. The van der Waals surface area contributed by atoms with Crippen molar-refractivity contribution in [3.05, 3.63) is 27.7 Å². The predicted molar refractivity (Wildman–Crippen MR) is 61.0 cm³/mol. The quantitative estimate of drug-likeness (QED) is 0.879. The van der Waals surface area contributed by atoms with Gasteiger partial charge >= 0.3 is 0 Å². The van der Waals surface area contributed by atoms with Crippen molar-refractivity contribution in [1.82, 2.24) is 4.72 Å². The van der Waals surface area contributed by atoms with E-state index < -0.39 is 10.0 Å². The minimum Gasteiger partial charge on any atom is -0.392 e. The van der Waals surface area contributed by atoms with Gasteiger partial charge in [-0.25, -0.2) is 13.1 Å². The molecule has 0 saturated heterocycles. The summed E-state index contributed by atoms with van der Waals surface area (Å²) in [6, 6.07) is 3.18. The van der Waals surface area contributed by atoms with Gasteiger partial charge in [-0.2, -0.15) is 0 Å². The lowest BCUT2D eigenvalue weighted by Crippen LogP contribution is -2.19. The highest BCUT2D eigenvalue weighted by Gasteiger charge is 2.17. The van der Waals surface area contributed by atoms with E-state index in [1.54, 1.807) is 13.0 Å². The van der Waals surface area contributed by atoms with Gasteiger partial charge in [0.05, 0.1) is 11.5 Å². The molecule has 6 heteroatoms. The maximum atomic E-state index is 11.6. The zero-order valence-electron chi connectivity index (χ0n) is 8.41. The third-order valence-electron chi connectivity index (χ3n) is 2.02. The first-order valence-electron chi connectivity index (χ1n) is 4.26. The van der Waals surface area contributed by atoms with Crippen molar-refractivity contribution in [2.75, 3.05) is 7.05 Å². The molecular weight excluding hydrogens is 282 g/mol. The Bertz CT molecular complexity index is 470. The average Bonchev–Trinajstić information content (AvgIpc) is 2.21. The molecule has 0 amide bonds. The summed E-state index contributed by atoms with van der Waals surface area (Å²) in [4.78, 5) is 0.147. The summed E-state index contributed by atoms with van der Waals surface area (Å²) >= 11 is 3.22. The molecule has 0 heterocycles. The number of hydrogen-bond donors (Lipinski definition) is 2. The van der Waals surface area contributed by atoms with E-state index in [4.69, 9.17) is 5.11 Å². The number of hydrogen-bond acceptors (Lipinski definition) is 3. The summed E-state index contributed by atoms with van der Waals surface area (Å²) in [6.07, 6.45) is 0. The molecule has 0 unspecified atom stereocenters. The second kappa shape index (κ2) is 4.61. The van der Waals surface area contributed by atoms with Gasteiger partial charge in [0.1, 0.15) is 0 Å². The summed E-state index contributed by atoms with van der Waals surface area (Å²) in [5, 5.41) is 8.99. The van der Waals surface area contributed by atoms with E-state index >= 15 is 0 Å². The summed E-state index contributed by atoms with van der Waals surface area (Å²) in [7, 11) is -2.14. The Balaban J connectivity index is 3.48. The molecule has 0 spiro atoms. The number of aryl methyl sites for hydroxylation is 1. The second-order valence-electron chi connectivity index (χ2n) is 3.09. The van der Waals surface area contributed by atoms with Crippen molar-refractivity contribution in [1.29, 1.82) is 0 Å². The summed E-state index contributed by atoms with van der Waals surface area (Å²) in [5.41, 5.74) is 1.35. The zero-order chi connectivity index (χ0) is 11.6. The normalized spacial score (nSPS) is 11.7. The number of aliphatic hydroxyl groups excluding tert-OH is 1. The number of aliphatic hydroxyl groups is 1. The molecule has 84 valence electrons. The third kappa shape index (κ3) is 2.57. The predicted octanol–water partition coefficient (Wildman–Crippen LogP) is 1.16. The van der Waals surface area contributed by atoms with Crippen molar-refractivity contribution in [2.45, 2.75) is 18.4 Å². The molecule has 0 aliphatic heterocycles. The van der Waals surface area contributed by atoms with E-state index in [1.165, 1.54) is 13.1 Å². The van der Waals surface area contributed by atoms with Crippen molar-refractivity contribution < 1.29 is 13.5 Å². The fourth-order valence-corrected chi connectivity index (χ4v) is 3.00. The van der Waals surface area contributed by atoms with Crippen LogP contribution in [0.1, 0.15) is 11.1 Å². The van der Waals surface area contributed by atoms with E-state index in [0.29, 0.717) is 10.0 Å². The average molecular weight is 294 g/mol. The van der Waals surface area contributed by atoms with Crippen LogP contribution in [0.2, 0.25) is 0 Å². The lowest BCUT2D eigenvalue weighted by molar-refractivity contribution is 0.281. The van der Waals surface area contributed by atoms with Crippen LogP contribution in [-0.2, 0) is 16.6 Å². The Kier molecular flexibility index (Phi) is 3.88. The SMILES string of the molecule is CNS(=O)(=O)c1cc(CO)cc(C)c1Br. The minimum atomic E-state index is -3.49. The summed E-state index contributed by atoms with van der Waals surface area (Å²) in [5.74, 6) is 0. The number of nitrogens with one attached hydrogen (secondary N) is 1. The molecule has 15 heavy (non-hydrogen) atoms. The van der Waals surface area contributed by atoms with E-state index in [9.17, 15) is 8.42 Å². The van der Waals surface area contributed by atoms with Gasteiger partial charge in [0.15, 0.2) is 0 Å². The van der Waals surface area contributed by atoms with Crippen LogP contribution in [0.5, 0.6) is 0 Å². The van der Waals surface area contributed by atoms with E-state index in [1.807, 2.05) is 0 Å². The molecule has 1 aromatic carbocycles. The Morgan fingerprint density at radius 3 is 2.53 bits per heavy atom. The Hall–Kier alpha value is -0.430. The van der Waals surface area contributed by atoms with Gasteiger partial charge in [-0.05, 0) is 47.1 Å². The lowest BCUT2D eigenvalue weighted by atomic mass is 10.1. The Morgan fingerprint density at radius 1 is 1.47 bits per heavy atom. The fourth-order valence-electron chi connectivity index (χ4n) is 1.21. The van der Waals surface area contributed by atoms with E-state index in [-0.39, 0.29) is 11.5 Å². The molecule has 0 aliphatic rings. The summed E-state index contributed by atoms with van der Waals surface area (Å²) in [6.45, 7) is 1.60. The van der Waals surface area contributed by atoms with Gasteiger partial charge in [0.25, 0.3) is 0 Å². The largest absolute Gasteiger partial charge is 0.392 e. The minimum absolute atomic E-state index is 0.147. The molecule has 0 bridgehead atoms. The highest BCUT2D eigenvalue weighted by molar-refractivity contribution is 9.10. The molecule has 0 saturated carbocycles. The maximum absolute atomic E-state index is 11.6. The molecule has 1 rings (SSSR count). The van der Waals surface area contributed by atoms with Crippen LogP contribution in [0, 0.1) is 6.92 Å². The van der Waals surface area contributed by atoms with Crippen LogP contribution >= 0.6 is 15.9 Å². The summed E-state index contributed by atoms with van der Waals surface area (Å²) < 4.78 is 26.0. The molecule has 0 atom stereocenters. The fraction of sp³-hybridized carbons (Fsp3) is 0.333. The topological polar surface area (TPSA) is 66.4 Å². The van der Waals surface area contributed by atoms with Crippen LogP contribution in [-0.4, -0.2) is 20.6 Å². The van der Waals surface area contributed by atoms with E-state index in [2.05, 4.69) is 20.7 Å². The zero-order valence-corrected chi connectivity index (χ0v) is 10.8. The molecule has 0 aliphatic carbocycles. The van der Waals surface area contributed by atoms with Gasteiger partial charge in [-0.3, -0.25) is 0 Å². The molecule has 2 N–H and O–H groups in total. The van der Waals surface area contributed by atoms with Crippen molar-refractivity contribution in [3.8, 4) is 0 Å². The first-order chi connectivity index (χ1) is 6.92. The molecule has 0 radical (unpaired) electrons. The highest BCUT2D eigenvalue weighted by Crippen LogP contribution is 2.27. The lowest BCUT2D eigenvalue weighted by Gasteiger charge is -2.09. The molecule has 1 aromatic rings. The number of halogens is 1. The maximum Gasteiger partial charge on any atom is 0.241 e. The number of rotatable bonds is 3. The number of sulfonamides is 1. The van der Waals surface area contributed by atoms with Crippen molar-refractivity contribution in [3.63, 3.8) is 0 Å². The van der Waals surface area contributed by atoms with Crippen LogP contribution in [0.25, 0.3) is 0 Å². The number of benzene rings is 1. The smallest absolute Gasteiger partial charge is 0.241 e. The second-order valence-corrected chi connectivity index (χ2v) is 5.74. The molecule has 0 fully saturated rings. The van der Waals surface area contributed by atoms with Crippen molar-refractivity contribution in [2.24, 2.45) is 0 Å². The van der Waals surface area contributed by atoms with Gasteiger partial charge in [-0.15, -0.1) is 0 Å². The van der Waals surface area contributed by atoms with Gasteiger partial charge in [0, 0.05) is 4.47 Å². The van der Waals surface area contributed by atoms with Crippen LogP contribution in [0.4, 0.5) is 0 Å². The third-order valence-corrected chi connectivity index (χ3v) is 4.78. The van der Waals surface area contributed by atoms with Crippen LogP contribution in [0.15, 0.2) is 21.5 Å². The first kappa shape index (κ1) is 12.6. The van der Waals surface area contributed by atoms with Crippen LogP contribution < -0.4 is 4.72 Å². The van der Waals surface area contributed by atoms with Gasteiger partial charge in [-0.1, -0.05) is 6.07 Å².